The van der Waals surface area contributed by atoms with E-state index >= 15 is 0 Å². The summed E-state index contributed by atoms with van der Waals surface area (Å²) in [7, 11) is 1.57. The van der Waals surface area contributed by atoms with Crippen molar-refractivity contribution < 1.29 is 19.0 Å². The Morgan fingerprint density at radius 2 is 2.10 bits per heavy atom. The molecular weight excluding hydrogens is 339 g/mol. The average Bonchev–Trinajstić information content (AvgIpc) is 2.49. The molecule has 0 saturated heterocycles. The first-order chi connectivity index (χ1) is 10.1. The Kier molecular flexibility index (Phi) is 3.87. The van der Waals surface area contributed by atoms with Crippen molar-refractivity contribution in [3.05, 3.63) is 57.8 Å². The number of ether oxygens (including phenoxy) is 2. The number of benzene rings is 2. The van der Waals surface area contributed by atoms with Crippen LogP contribution in [0.25, 0.3) is 0 Å². The molecule has 1 N–H and O–H groups in total. The second-order valence-electron chi connectivity index (χ2n) is 4.94. The highest BCUT2D eigenvalue weighted by atomic mass is 79.9. The second kappa shape index (κ2) is 5.66. The van der Waals surface area contributed by atoms with E-state index in [1.165, 1.54) is 6.07 Å². The molecule has 0 aromatic heterocycles. The Morgan fingerprint density at radius 1 is 1.29 bits per heavy atom. The standard InChI is InChI=1S/C16H14BrFO3/c1-20-10-3-5-15-11(7-10)14(19)8-16(21-15)9-2-4-12(17)13(18)6-9/h2-7,14,16,19H,8H2,1H3/t14-,16?/m0/s1. The molecule has 0 aliphatic carbocycles. The maximum atomic E-state index is 13.6. The summed E-state index contributed by atoms with van der Waals surface area (Å²) in [6, 6.07) is 10.2. The van der Waals surface area contributed by atoms with Crippen LogP contribution in [-0.4, -0.2) is 12.2 Å². The van der Waals surface area contributed by atoms with E-state index < -0.39 is 6.10 Å². The zero-order valence-corrected chi connectivity index (χ0v) is 12.9. The van der Waals surface area contributed by atoms with Crippen molar-refractivity contribution >= 4 is 15.9 Å². The van der Waals surface area contributed by atoms with Crippen LogP contribution in [-0.2, 0) is 0 Å². The smallest absolute Gasteiger partial charge is 0.137 e. The van der Waals surface area contributed by atoms with Gasteiger partial charge in [-0.15, -0.1) is 0 Å². The van der Waals surface area contributed by atoms with Crippen molar-refractivity contribution in [3.63, 3.8) is 0 Å². The van der Waals surface area contributed by atoms with E-state index in [-0.39, 0.29) is 11.9 Å². The summed E-state index contributed by atoms with van der Waals surface area (Å²) in [4.78, 5) is 0. The predicted octanol–water partition coefficient (Wildman–Crippen LogP) is 4.15. The summed E-state index contributed by atoms with van der Waals surface area (Å²) >= 11 is 3.13. The summed E-state index contributed by atoms with van der Waals surface area (Å²) in [5.41, 5.74) is 1.40. The third-order valence-corrected chi connectivity index (χ3v) is 4.24. The van der Waals surface area contributed by atoms with E-state index in [1.54, 1.807) is 37.4 Å². The molecule has 0 bridgehead atoms. The number of hydrogen-bond donors (Lipinski definition) is 1. The Hall–Kier alpha value is -1.59. The van der Waals surface area contributed by atoms with Crippen LogP contribution >= 0.6 is 15.9 Å². The highest BCUT2D eigenvalue weighted by Crippen LogP contribution is 2.42. The van der Waals surface area contributed by atoms with Gasteiger partial charge in [-0.1, -0.05) is 6.07 Å². The van der Waals surface area contributed by atoms with Gasteiger partial charge in [-0.2, -0.15) is 0 Å². The summed E-state index contributed by atoms with van der Waals surface area (Å²) in [5.74, 6) is 0.929. The molecule has 0 saturated carbocycles. The number of methoxy groups -OCH3 is 1. The van der Waals surface area contributed by atoms with E-state index in [0.717, 1.165) is 0 Å². The molecule has 1 aliphatic heterocycles. The molecule has 1 heterocycles. The van der Waals surface area contributed by atoms with Crippen molar-refractivity contribution in [3.8, 4) is 11.5 Å². The Balaban J connectivity index is 1.92. The minimum absolute atomic E-state index is 0.342. The molecule has 3 rings (SSSR count). The molecule has 0 spiro atoms. The van der Waals surface area contributed by atoms with Gasteiger partial charge in [0.2, 0.25) is 0 Å². The molecule has 1 unspecified atom stereocenters. The molecule has 0 radical (unpaired) electrons. The lowest BCUT2D eigenvalue weighted by Crippen LogP contribution is -2.19. The fourth-order valence-corrected chi connectivity index (χ4v) is 2.72. The van der Waals surface area contributed by atoms with Crippen LogP contribution in [0.2, 0.25) is 0 Å². The van der Waals surface area contributed by atoms with Crippen LogP contribution in [0.5, 0.6) is 11.5 Å². The predicted molar refractivity (Wildman–Crippen MR) is 80.0 cm³/mol. The Labute approximate surface area is 130 Å². The topological polar surface area (TPSA) is 38.7 Å². The number of aliphatic hydroxyl groups is 1. The van der Waals surface area contributed by atoms with Crippen molar-refractivity contribution in [1.82, 2.24) is 0 Å². The zero-order chi connectivity index (χ0) is 15.0. The van der Waals surface area contributed by atoms with Crippen molar-refractivity contribution in [1.29, 1.82) is 0 Å². The first kappa shape index (κ1) is 14.4. The molecule has 5 heteroatoms. The third-order valence-electron chi connectivity index (χ3n) is 3.60. The number of aliphatic hydroxyl groups excluding tert-OH is 1. The van der Waals surface area contributed by atoms with Crippen LogP contribution in [0.3, 0.4) is 0 Å². The normalized spacial score (nSPS) is 20.6. The number of fused-ring (bicyclic) bond motifs is 1. The van der Waals surface area contributed by atoms with E-state index in [9.17, 15) is 9.50 Å². The minimum atomic E-state index is -0.666. The monoisotopic (exact) mass is 352 g/mol. The van der Waals surface area contributed by atoms with Gasteiger partial charge in [0, 0.05) is 12.0 Å². The van der Waals surface area contributed by atoms with Crippen LogP contribution < -0.4 is 9.47 Å². The van der Waals surface area contributed by atoms with Crippen molar-refractivity contribution in [2.24, 2.45) is 0 Å². The fraction of sp³-hybridized carbons (Fsp3) is 0.250. The first-order valence-corrected chi connectivity index (χ1v) is 7.35. The van der Waals surface area contributed by atoms with Crippen LogP contribution in [0, 0.1) is 5.82 Å². The number of rotatable bonds is 2. The lowest BCUT2D eigenvalue weighted by Gasteiger charge is -2.30. The van der Waals surface area contributed by atoms with Crippen LogP contribution in [0.4, 0.5) is 4.39 Å². The molecule has 2 atom stereocenters. The van der Waals surface area contributed by atoms with E-state index in [0.29, 0.717) is 33.5 Å². The molecule has 2 aromatic rings. The summed E-state index contributed by atoms with van der Waals surface area (Å²) in [6.07, 6.45) is -0.662. The lowest BCUT2D eigenvalue weighted by molar-refractivity contribution is 0.0653. The maximum Gasteiger partial charge on any atom is 0.137 e. The van der Waals surface area contributed by atoms with Gasteiger partial charge in [0.1, 0.15) is 23.4 Å². The highest BCUT2D eigenvalue weighted by Gasteiger charge is 2.28. The average molecular weight is 353 g/mol. The second-order valence-corrected chi connectivity index (χ2v) is 5.79. The van der Waals surface area contributed by atoms with Gasteiger partial charge < -0.3 is 14.6 Å². The third kappa shape index (κ3) is 2.76. The lowest BCUT2D eigenvalue weighted by atomic mass is 9.95. The van der Waals surface area contributed by atoms with Gasteiger partial charge in [0.05, 0.1) is 17.7 Å². The van der Waals surface area contributed by atoms with E-state index in [1.807, 2.05) is 0 Å². The molecule has 21 heavy (non-hydrogen) atoms. The first-order valence-electron chi connectivity index (χ1n) is 6.56. The Bertz CT molecular complexity index is 675. The zero-order valence-electron chi connectivity index (χ0n) is 11.3. The molecule has 110 valence electrons. The number of halogens is 2. The van der Waals surface area contributed by atoms with Gasteiger partial charge in [0.25, 0.3) is 0 Å². The van der Waals surface area contributed by atoms with E-state index in [4.69, 9.17) is 9.47 Å². The van der Waals surface area contributed by atoms with Gasteiger partial charge in [0.15, 0.2) is 0 Å². The molecule has 0 amide bonds. The molecule has 2 aromatic carbocycles. The molecule has 0 fully saturated rings. The van der Waals surface area contributed by atoms with Gasteiger partial charge in [-0.25, -0.2) is 4.39 Å². The fourth-order valence-electron chi connectivity index (χ4n) is 2.47. The van der Waals surface area contributed by atoms with Gasteiger partial charge in [-0.3, -0.25) is 0 Å². The quantitative estimate of drug-likeness (QED) is 0.882. The summed E-state index contributed by atoms with van der Waals surface area (Å²) in [5, 5.41) is 10.3. The minimum Gasteiger partial charge on any atom is -0.497 e. The van der Waals surface area contributed by atoms with Gasteiger partial charge >= 0.3 is 0 Å². The highest BCUT2D eigenvalue weighted by molar-refractivity contribution is 9.10. The summed E-state index contributed by atoms with van der Waals surface area (Å²) < 4.78 is 25.1. The molecular formula is C16H14BrFO3. The number of hydrogen-bond acceptors (Lipinski definition) is 3. The van der Waals surface area contributed by atoms with Crippen LogP contribution in [0.15, 0.2) is 40.9 Å². The SMILES string of the molecule is COc1ccc2c(c1)[C@@H](O)CC(c1ccc(Br)c(F)c1)O2. The maximum absolute atomic E-state index is 13.6. The van der Waals surface area contributed by atoms with Crippen LogP contribution in [0.1, 0.15) is 29.8 Å². The van der Waals surface area contributed by atoms with Crippen molar-refractivity contribution in [2.45, 2.75) is 18.6 Å². The molecule has 1 aliphatic rings. The van der Waals surface area contributed by atoms with E-state index in [2.05, 4.69) is 15.9 Å². The summed E-state index contributed by atoms with van der Waals surface area (Å²) in [6.45, 7) is 0. The molecule has 3 nitrogen and oxygen atoms in total. The Morgan fingerprint density at radius 3 is 2.81 bits per heavy atom. The van der Waals surface area contributed by atoms with Gasteiger partial charge in [-0.05, 0) is 51.8 Å². The van der Waals surface area contributed by atoms with Crippen molar-refractivity contribution in [2.75, 3.05) is 7.11 Å². The largest absolute Gasteiger partial charge is 0.497 e.